The molecule has 2 heterocycles. The number of halogens is 3. The van der Waals surface area contributed by atoms with E-state index in [4.69, 9.17) is 34.8 Å². The largest absolute Gasteiger partial charge is 0.505 e. The summed E-state index contributed by atoms with van der Waals surface area (Å²) in [4.78, 5) is 28.4. The van der Waals surface area contributed by atoms with Crippen molar-refractivity contribution in [2.45, 2.75) is 0 Å². The molecule has 0 aliphatic rings. The molecule has 0 saturated heterocycles. The zero-order valence-corrected chi connectivity index (χ0v) is 16.6. The number of amides is 2. The summed E-state index contributed by atoms with van der Waals surface area (Å²) in [6.07, 6.45) is 1.40. The third-order valence-corrected chi connectivity index (χ3v) is 5.70. The van der Waals surface area contributed by atoms with Gasteiger partial charge in [0.25, 0.3) is 11.8 Å². The Morgan fingerprint density at radius 2 is 1.81 bits per heavy atom. The summed E-state index contributed by atoms with van der Waals surface area (Å²) in [6.45, 7) is 0.312. The topological polar surface area (TPSA) is 91.3 Å². The first-order valence-electron chi connectivity index (χ1n) is 7.66. The van der Waals surface area contributed by atoms with Gasteiger partial charge in [-0.15, -0.1) is 11.3 Å². The van der Waals surface area contributed by atoms with Crippen LogP contribution in [0.4, 0.5) is 0 Å². The van der Waals surface area contributed by atoms with Gasteiger partial charge in [0.15, 0.2) is 5.69 Å². The van der Waals surface area contributed by atoms with E-state index in [0.29, 0.717) is 25.0 Å². The van der Waals surface area contributed by atoms with Gasteiger partial charge in [0.2, 0.25) is 0 Å². The lowest BCUT2D eigenvalue weighted by molar-refractivity contribution is 0.0925. The molecule has 140 valence electrons. The Morgan fingerprint density at radius 1 is 1.11 bits per heavy atom. The lowest BCUT2D eigenvalue weighted by Gasteiger charge is -2.07. The van der Waals surface area contributed by atoms with Gasteiger partial charge in [-0.3, -0.25) is 9.59 Å². The van der Waals surface area contributed by atoms with Crippen molar-refractivity contribution in [3.05, 3.63) is 56.1 Å². The van der Waals surface area contributed by atoms with Crippen molar-refractivity contribution in [3.63, 3.8) is 0 Å². The van der Waals surface area contributed by atoms with Gasteiger partial charge in [0, 0.05) is 34.4 Å². The number of fused-ring (bicyclic) bond motifs is 1. The predicted molar refractivity (Wildman–Crippen MR) is 107 cm³/mol. The number of nitrogens with one attached hydrogen (secondary N) is 2. The van der Waals surface area contributed by atoms with E-state index in [1.165, 1.54) is 29.7 Å². The van der Waals surface area contributed by atoms with E-state index < -0.39 is 5.91 Å². The van der Waals surface area contributed by atoms with Crippen molar-refractivity contribution in [3.8, 4) is 5.75 Å². The van der Waals surface area contributed by atoms with Gasteiger partial charge in [-0.1, -0.05) is 34.8 Å². The first-order valence-corrected chi connectivity index (χ1v) is 9.61. The number of benzene rings is 1. The van der Waals surface area contributed by atoms with Crippen LogP contribution in [-0.2, 0) is 0 Å². The maximum Gasteiger partial charge on any atom is 0.273 e. The van der Waals surface area contributed by atoms with Crippen LogP contribution in [0.25, 0.3) is 10.1 Å². The van der Waals surface area contributed by atoms with Gasteiger partial charge >= 0.3 is 0 Å². The summed E-state index contributed by atoms with van der Waals surface area (Å²) in [6, 6.07) is 6.13. The smallest absolute Gasteiger partial charge is 0.273 e. The zero-order valence-electron chi connectivity index (χ0n) is 13.6. The van der Waals surface area contributed by atoms with E-state index in [1.54, 1.807) is 12.1 Å². The average molecular weight is 445 g/mol. The Balaban J connectivity index is 1.61. The molecule has 1 aromatic carbocycles. The molecule has 0 bridgehead atoms. The lowest BCUT2D eigenvalue weighted by atomic mass is 10.2. The van der Waals surface area contributed by atoms with Gasteiger partial charge in [0.05, 0.1) is 10.0 Å². The molecule has 0 radical (unpaired) electrons. The third-order valence-electron chi connectivity index (χ3n) is 3.55. The standard InChI is InChI=1S/C17H12Cl3N3O3S/c18-8-6-9(19)12-11(7-8)27-15(13(12)20)17(26)23-5-4-22-16(25)14-10(24)2-1-3-21-14/h1-3,6-7,24H,4-5H2,(H,22,25)(H,23,26). The molecule has 2 amide bonds. The van der Waals surface area contributed by atoms with Crippen LogP contribution in [0.2, 0.25) is 15.1 Å². The van der Waals surface area contributed by atoms with Gasteiger partial charge < -0.3 is 15.7 Å². The first kappa shape index (κ1) is 19.7. The molecule has 0 aliphatic heterocycles. The van der Waals surface area contributed by atoms with Crippen LogP contribution in [0.5, 0.6) is 5.75 Å². The molecular weight excluding hydrogens is 433 g/mol. The summed E-state index contributed by atoms with van der Waals surface area (Å²) in [5.41, 5.74) is -0.0807. The monoisotopic (exact) mass is 443 g/mol. The summed E-state index contributed by atoms with van der Waals surface area (Å²) in [5, 5.41) is 16.5. The van der Waals surface area contributed by atoms with Crippen LogP contribution >= 0.6 is 46.1 Å². The molecule has 3 N–H and O–H groups in total. The van der Waals surface area contributed by atoms with E-state index in [-0.39, 0.29) is 35.5 Å². The second-order valence-corrected chi connectivity index (χ2v) is 7.66. The number of hydrogen-bond donors (Lipinski definition) is 3. The lowest BCUT2D eigenvalue weighted by Crippen LogP contribution is -2.34. The summed E-state index contributed by atoms with van der Waals surface area (Å²) >= 11 is 19.6. The zero-order chi connectivity index (χ0) is 19.6. The van der Waals surface area contributed by atoms with Gasteiger partial charge in [0.1, 0.15) is 10.6 Å². The first-order chi connectivity index (χ1) is 12.9. The fraction of sp³-hybridized carbons (Fsp3) is 0.118. The number of aromatic nitrogens is 1. The second kappa shape index (κ2) is 8.31. The highest BCUT2D eigenvalue weighted by atomic mass is 35.5. The van der Waals surface area contributed by atoms with E-state index in [1.807, 2.05) is 0 Å². The molecule has 0 unspecified atom stereocenters. The summed E-state index contributed by atoms with van der Waals surface area (Å²) in [5.74, 6) is -1.14. The highest BCUT2D eigenvalue weighted by molar-refractivity contribution is 7.21. The van der Waals surface area contributed by atoms with Gasteiger partial charge in [-0.2, -0.15) is 0 Å². The quantitative estimate of drug-likeness (QED) is 0.516. The number of pyridine rings is 1. The van der Waals surface area contributed by atoms with Crippen molar-refractivity contribution in [1.82, 2.24) is 15.6 Å². The SMILES string of the molecule is O=C(NCCNC(=O)c1sc2cc(Cl)cc(Cl)c2c1Cl)c1ncccc1O. The van der Waals surface area contributed by atoms with Crippen molar-refractivity contribution < 1.29 is 14.7 Å². The number of carbonyl (C=O) groups is 2. The normalized spacial score (nSPS) is 10.8. The van der Waals surface area contributed by atoms with E-state index in [2.05, 4.69) is 15.6 Å². The summed E-state index contributed by atoms with van der Waals surface area (Å²) in [7, 11) is 0. The molecule has 0 fully saturated rings. The van der Waals surface area contributed by atoms with Gasteiger partial charge in [-0.25, -0.2) is 4.98 Å². The molecule has 2 aromatic heterocycles. The minimum Gasteiger partial charge on any atom is -0.505 e. The third kappa shape index (κ3) is 4.27. The highest BCUT2D eigenvalue weighted by Crippen LogP contribution is 2.41. The molecular formula is C17H12Cl3N3O3S. The summed E-state index contributed by atoms with van der Waals surface area (Å²) < 4.78 is 0.710. The van der Waals surface area contributed by atoms with Crippen LogP contribution in [-0.4, -0.2) is 35.0 Å². The molecule has 10 heteroatoms. The Hall–Kier alpha value is -2.06. The molecule has 0 atom stereocenters. The number of rotatable bonds is 5. The average Bonchev–Trinajstić information content (AvgIpc) is 2.95. The highest BCUT2D eigenvalue weighted by Gasteiger charge is 2.19. The second-order valence-electron chi connectivity index (χ2n) is 5.39. The van der Waals surface area contributed by atoms with Crippen LogP contribution in [0.3, 0.4) is 0 Å². The Morgan fingerprint density at radius 3 is 2.52 bits per heavy atom. The van der Waals surface area contributed by atoms with Crippen LogP contribution in [0.15, 0.2) is 30.5 Å². The maximum atomic E-state index is 12.4. The predicted octanol–water partition coefficient (Wildman–Crippen LogP) is 4.12. The van der Waals surface area contributed by atoms with Crippen LogP contribution in [0, 0.1) is 0 Å². The Bertz CT molecular complexity index is 1040. The Labute approximate surface area is 173 Å². The maximum absolute atomic E-state index is 12.4. The number of nitrogens with zero attached hydrogens (tertiary/aromatic N) is 1. The van der Waals surface area contributed by atoms with Crippen LogP contribution < -0.4 is 10.6 Å². The molecule has 3 rings (SSSR count). The molecule has 6 nitrogen and oxygen atoms in total. The molecule has 0 saturated carbocycles. The number of carbonyl (C=O) groups excluding carboxylic acids is 2. The van der Waals surface area contributed by atoms with Crippen molar-refractivity contribution >= 4 is 68.0 Å². The fourth-order valence-electron chi connectivity index (χ4n) is 2.35. The number of aromatic hydroxyl groups is 1. The molecule has 0 spiro atoms. The minimum absolute atomic E-state index is 0.0807. The van der Waals surface area contributed by atoms with E-state index in [9.17, 15) is 14.7 Å². The molecule has 3 aromatic rings. The number of thiophene rings is 1. The van der Waals surface area contributed by atoms with Crippen molar-refractivity contribution in [2.24, 2.45) is 0 Å². The van der Waals surface area contributed by atoms with Crippen molar-refractivity contribution in [1.29, 1.82) is 0 Å². The number of hydrogen-bond acceptors (Lipinski definition) is 5. The fourth-order valence-corrected chi connectivity index (χ4v) is 4.64. The Kier molecular flexibility index (Phi) is 6.06. The molecule has 27 heavy (non-hydrogen) atoms. The van der Waals surface area contributed by atoms with Gasteiger partial charge in [-0.05, 0) is 24.3 Å². The van der Waals surface area contributed by atoms with Crippen LogP contribution in [0.1, 0.15) is 20.2 Å². The molecule has 0 aliphatic carbocycles. The van der Waals surface area contributed by atoms with E-state index in [0.717, 1.165) is 0 Å². The minimum atomic E-state index is -0.538. The van der Waals surface area contributed by atoms with Crippen molar-refractivity contribution in [2.75, 3.05) is 13.1 Å². The van der Waals surface area contributed by atoms with E-state index >= 15 is 0 Å².